The van der Waals surface area contributed by atoms with Crippen molar-refractivity contribution in [2.45, 2.75) is 25.3 Å². The minimum atomic E-state index is -4.00. The third-order valence-electron chi connectivity index (χ3n) is 3.99. The first kappa shape index (κ1) is 20.4. The zero-order valence-electron chi connectivity index (χ0n) is 15.7. The average molecular weight is 418 g/mol. The van der Waals surface area contributed by atoms with E-state index in [0.29, 0.717) is 29.3 Å². The summed E-state index contributed by atoms with van der Waals surface area (Å²) in [6.07, 6.45) is 0. The lowest BCUT2D eigenvalue weighted by Crippen LogP contribution is -2.23. The number of sulfonamides is 1. The third kappa shape index (κ3) is 4.76. The van der Waals surface area contributed by atoms with Crippen LogP contribution in [0.2, 0.25) is 0 Å². The Bertz CT molecular complexity index is 1130. The number of hydrogen-bond acceptors (Lipinski definition) is 8. The van der Waals surface area contributed by atoms with Crippen LogP contribution in [0.1, 0.15) is 18.4 Å². The van der Waals surface area contributed by atoms with Crippen molar-refractivity contribution in [3.8, 4) is 17.1 Å². The molecule has 0 amide bonds. The van der Waals surface area contributed by atoms with Gasteiger partial charge in [-0.1, -0.05) is 11.2 Å². The smallest absolute Gasteiger partial charge is 0.273 e. The van der Waals surface area contributed by atoms with Gasteiger partial charge < -0.3 is 9.26 Å². The van der Waals surface area contributed by atoms with Gasteiger partial charge in [-0.2, -0.15) is 4.98 Å². The predicted octanol–water partition coefficient (Wildman–Crippen LogP) is 2.83. The van der Waals surface area contributed by atoms with Crippen molar-refractivity contribution in [2.24, 2.45) is 0 Å². The van der Waals surface area contributed by atoms with Crippen LogP contribution in [-0.2, 0) is 16.6 Å². The van der Waals surface area contributed by atoms with Gasteiger partial charge in [0.1, 0.15) is 5.75 Å². The van der Waals surface area contributed by atoms with E-state index >= 15 is 0 Å². The molecule has 0 unspecified atom stereocenters. The highest BCUT2D eigenvalue weighted by Crippen LogP contribution is 2.23. The van der Waals surface area contributed by atoms with Gasteiger partial charge in [0.15, 0.2) is 0 Å². The normalized spacial score (nSPS) is 11.4. The fraction of sp³-hybridized carbons (Fsp3) is 0.222. The standard InChI is InChI=1S/C18H18N4O6S/c1-3-27-14-7-5-13(6-8-14)18-20-17(28-21-18)11-19-29(25,26)15-9-4-12(2)16(10-15)22(23)24/h4-10,19H,3,11H2,1-2H3. The zero-order chi connectivity index (χ0) is 21.0. The van der Waals surface area contributed by atoms with Gasteiger partial charge in [0, 0.05) is 17.2 Å². The van der Waals surface area contributed by atoms with Gasteiger partial charge in [0.05, 0.1) is 23.0 Å². The molecule has 29 heavy (non-hydrogen) atoms. The largest absolute Gasteiger partial charge is 0.494 e. The number of rotatable bonds is 8. The van der Waals surface area contributed by atoms with Gasteiger partial charge in [-0.15, -0.1) is 0 Å². The van der Waals surface area contributed by atoms with Crippen LogP contribution in [0.5, 0.6) is 5.75 Å². The van der Waals surface area contributed by atoms with E-state index in [2.05, 4.69) is 14.9 Å². The van der Waals surface area contributed by atoms with E-state index in [1.807, 2.05) is 6.92 Å². The minimum absolute atomic E-state index is 0.0547. The molecule has 10 nitrogen and oxygen atoms in total. The minimum Gasteiger partial charge on any atom is -0.494 e. The summed E-state index contributed by atoms with van der Waals surface area (Å²) < 4.78 is 37.6. The molecule has 1 N–H and O–H groups in total. The summed E-state index contributed by atoms with van der Waals surface area (Å²) >= 11 is 0. The van der Waals surface area contributed by atoms with Gasteiger partial charge in [-0.05, 0) is 44.2 Å². The number of benzene rings is 2. The average Bonchev–Trinajstić information content (AvgIpc) is 3.16. The molecule has 0 saturated carbocycles. The van der Waals surface area contributed by atoms with Crippen molar-refractivity contribution in [3.05, 3.63) is 64.0 Å². The summed E-state index contributed by atoms with van der Waals surface area (Å²) in [6.45, 7) is 3.71. The maximum absolute atomic E-state index is 12.4. The van der Waals surface area contributed by atoms with Crippen molar-refractivity contribution in [1.82, 2.24) is 14.9 Å². The molecule has 0 fully saturated rings. The second-order valence-corrected chi connectivity index (χ2v) is 7.77. The van der Waals surface area contributed by atoms with Crippen molar-refractivity contribution >= 4 is 15.7 Å². The van der Waals surface area contributed by atoms with E-state index in [0.717, 1.165) is 6.07 Å². The molecule has 0 radical (unpaired) electrons. The molecule has 0 bridgehead atoms. The van der Waals surface area contributed by atoms with E-state index in [4.69, 9.17) is 9.26 Å². The maximum Gasteiger partial charge on any atom is 0.273 e. The van der Waals surface area contributed by atoms with Crippen molar-refractivity contribution in [1.29, 1.82) is 0 Å². The van der Waals surface area contributed by atoms with Crippen molar-refractivity contribution < 1.29 is 22.6 Å². The molecule has 0 aliphatic carbocycles. The summed E-state index contributed by atoms with van der Waals surface area (Å²) in [4.78, 5) is 14.3. The second-order valence-electron chi connectivity index (χ2n) is 6.00. The van der Waals surface area contributed by atoms with E-state index in [9.17, 15) is 18.5 Å². The first-order chi connectivity index (χ1) is 13.8. The Labute approximate surface area is 166 Å². The van der Waals surface area contributed by atoms with E-state index in [-0.39, 0.29) is 23.0 Å². The van der Waals surface area contributed by atoms with Gasteiger partial charge in [-0.3, -0.25) is 10.1 Å². The number of nitrogens with one attached hydrogen (secondary N) is 1. The molecule has 0 aliphatic rings. The van der Waals surface area contributed by atoms with Gasteiger partial charge >= 0.3 is 0 Å². The first-order valence-corrected chi connectivity index (χ1v) is 10.1. The van der Waals surface area contributed by atoms with Crippen LogP contribution in [0, 0.1) is 17.0 Å². The summed E-state index contributed by atoms with van der Waals surface area (Å²) in [7, 11) is -4.00. The Hall–Kier alpha value is -3.31. The fourth-order valence-corrected chi connectivity index (χ4v) is 3.50. The SMILES string of the molecule is CCOc1ccc(-c2noc(CNS(=O)(=O)c3ccc(C)c([N+](=O)[O-])c3)n2)cc1. The Morgan fingerprint density at radius 1 is 1.21 bits per heavy atom. The molecule has 3 aromatic rings. The monoisotopic (exact) mass is 418 g/mol. The first-order valence-electron chi connectivity index (χ1n) is 8.60. The number of ether oxygens (including phenoxy) is 1. The number of nitro groups is 1. The number of aryl methyl sites for hydroxylation is 1. The number of nitro benzene ring substituents is 1. The van der Waals surface area contributed by atoms with Gasteiger partial charge in [-0.25, -0.2) is 13.1 Å². The fourth-order valence-electron chi connectivity index (χ4n) is 2.50. The molecule has 0 atom stereocenters. The van der Waals surface area contributed by atoms with Crippen LogP contribution < -0.4 is 9.46 Å². The lowest BCUT2D eigenvalue weighted by molar-refractivity contribution is -0.385. The molecule has 3 rings (SSSR count). The van der Waals surface area contributed by atoms with Crippen LogP contribution in [-0.4, -0.2) is 30.1 Å². The lowest BCUT2D eigenvalue weighted by atomic mass is 10.2. The molecule has 0 spiro atoms. The van der Waals surface area contributed by atoms with E-state index < -0.39 is 14.9 Å². The van der Waals surface area contributed by atoms with Crippen LogP contribution in [0.3, 0.4) is 0 Å². The van der Waals surface area contributed by atoms with Gasteiger partial charge in [0.25, 0.3) is 5.69 Å². The summed E-state index contributed by atoms with van der Waals surface area (Å²) in [5.74, 6) is 1.06. The molecule has 0 saturated heterocycles. The predicted molar refractivity (Wildman–Crippen MR) is 103 cm³/mol. The Kier molecular flexibility index (Phi) is 5.89. The highest BCUT2D eigenvalue weighted by atomic mass is 32.2. The molecular weight excluding hydrogens is 400 g/mol. The maximum atomic E-state index is 12.4. The summed E-state index contributed by atoms with van der Waals surface area (Å²) in [5.41, 5.74) is 0.773. The highest BCUT2D eigenvalue weighted by molar-refractivity contribution is 7.89. The van der Waals surface area contributed by atoms with Gasteiger partial charge in [0.2, 0.25) is 21.7 Å². The molecule has 1 aromatic heterocycles. The van der Waals surface area contributed by atoms with Crippen LogP contribution in [0.15, 0.2) is 51.9 Å². The number of aromatic nitrogens is 2. The molecule has 11 heteroatoms. The number of hydrogen-bond donors (Lipinski definition) is 1. The molecule has 0 aliphatic heterocycles. The zero-order valence-corrected chi connectivity index (χ0v) is 16.5. The summed E-state index contributed by atoms with van der Waals surface area (Å²) in [5, 5.41) is 14.9. The molecular formula is C18H18N4O6S. The van der Waals surface area contributed by atoms with Crippen molar-refractivity contribution in [3.63, 3.8) is 0 Å². The molecule has 152 valence electrons. The van der Waals surface area contributed by atoms with Crippen LogP contribution >= 0.6 is 0 Å². The second kappa shape index (κ2) is 8.37. The topological polar surface area (TPSA) is 137 Å². The Morgan fingerprint density at radius 3 is 2.59 bits per heavy atom. The van der Waals surface area contributed by atoms with Crippen LogP contribution in [0.25, 0.3) is 11.4 Å². The number of nitrogens with zero attached hydrogens (tertiary/aromatic N) is 3. The third-order valence-corrected chi connectivity index (χ3v) is 5.39. The quantitative estimate of drug-likeness (QED) is 0.435. The molecule has 2 aromatic carbocycles. The lowest BCUT2D eigenvalue weighted by Gasteiger charge is -2.05. The Morgan fingerprint density at radius 2 is 1.93 bits per heavy atom. The van der Waals surface area contributed by atoms with Crippen molar-refractivity contribution in [2.75, 3.05) is 6.61 Å². The molecule has 1 heterocycles. The highest BCUT2D eigenvalue weighted by Gasteiger charge is 2.20. The van der Waals surface area contributed by atoms with E-state index in [1.54, 1.807) is 24.3 Å². The van der Waals surface area contributed by atoms with E-state index in [1.165, 1.54) is 19.1 Å². The summed E-state index contributed by atoms with van der Waals surface area (Å²) in [6, 6.07) is 10.7. The Balaban J connectivity index is 1.72. The van der Waals surface area contributed by atoms with Crippen LogP contribution in [0.4, 0.5) is 5.69 Å².